The Labute approximate surface area is 148 Å². The number of likely N-dealkylation sites (N-methyl/N-ethyl adjacent to an activating group) is 1. The summed E-state index contributed by atoms with van der Waals surface area (Å²) in [6, 6.07) is 10.7. The quantitative estimate of drug-likeness (QED) is 0.569. The third-order valence-corrected chi connectivity index (χ3v) is 4.22. The number of nitrogens with zero attached hydrogens (tertiary/aromatic N) is 2. The lowest BCUT2D eigenvalue weighted by Crippen LogP contribution is -2.43. The Bertz CT molecular complexity index is 653. The zero-order chi connectivity index (χ0) is 18.1. The van der Waals surface area contributed by atoms with E-state index in [2.05, 4.69) is 34.4 Å². The number of aliphatic imine (C=N–C) groups is 1. The van der Waals surface area contributed by atoms with E-state index >= 15 is 0 Å². The first-order chi connectivity index (χ1) is 12.2. The molecule has 0 spiro atoms. The zero-order valence-corrected chi connectivity index (χ0v) is 15.1. The van der Waals surface area contributed by atoms with Crippen LogP contribution in [0.2, 0.25) is 0 Å². The van der Waals surface area contributed by atoms with Gasteiger partial charge in [-0.3, -0.25) is 9.89 Å². The molecule has 1 aromatic heterocycles. The Balaban J connectivity index is 1.96. The van der Waals surface area contributed by atoms with Crippen LogP contribution < -0.4 is 10.6 Å². The van der Waals surface area contributed by atoms with Gasteiger partial charge >= 0.3 is 0 Å². The van der Waals surface area contributed by atoms with Crippen molar-refractivity contribution in [1.82, 2.24) is 15.5 Å². The van der Waals surface area contributed by atoms with Crippen LogP contribution in [0.4, 0.5) is 4.39 Å². The van der Waals surface area contributed by atoms with E-state index in [-0.39, 0.29) is 11.9 Å². The number of benzene rings is 1. The van der Waals surface area contributed by atoms with Crippen LogP contribution in [-0.2, 0) is 6.54 Å². The average Bonchev–Trinajstić information content (AvgIpc) is 3.16. The smallest absolute Gasteiger partial charge is 0.191 e. The molecule has 1 atom stereocenters. The van der Waals surface area contributed by atoms with Gasteiger partial charge in [-0.25, -0.2) is 4.39 Å². The maximum absolute atomic E-state index is 13.7. The van der Waals surface area contributed by atoms with Crippen LogP contribution in [0.15, 0.2) is 52.1 Å². The van der Waals surface area contributed by atoms with E-state index in [0.717, 1.165) is 18.8 Å². The molecule has 1 unspecified atom stereocenters. The molecule has 5 nitrogen and oxygen atoms in total. The zero-order valence-electron chi connectivity index (χ0n) is 15.1. The highest BCUT2D eigenvalue weighted by Crippen LogP contribution is 2.20. The van der Waals surface area contributed by atoms with Crippen molar-refractivity contribution in [1.29, 1.82) is 0 Å². The second-order valence-electron chi connectivity index (χ2n) is 5.65. The van der Waals surface area contributed by atoms with Gasteiger partial charge < -0.3 is 15.1 Å². The van der Waals surface area contributed by atoms with E-state index < -0.39 is 0 Å². The minimum atomic E-state index is -0.220. The van der Waals surface area contributed by atoms with Crippen molar-refractivity contribution in [3.63, 3.8) is 0 Å². The molecule has 0 saturated carbocycles. The third kappa shape index (κ3) is 5.32. The topological polar surface area (TPSA) is 52.8 Å². The SMILES string of the molecule is CCN(CC)C(CNC(=NC)NCc1ccccc1F)c1ccco1. The van der Waals surface area contributed by atoms with Crippen LogP contribution in [0.3, 0.4) is 0 Å². The average molecular weight is 346 g/mol. The van der Waals surface area contributed by atoms with Crippen molar-refractivity contribution >= 4 is 5.96 Å². The van der Waals surface area contributed by atoms with Gasteiger partial charge in [0, 0.05) is 25.7 Å². The first-order valence-electron chi connectivity index (χ1n) is 8.64. The molecule has 0 saturated heterocycles. The monoisotopic (exact) mass is 346 g/mol. The summed E-state index contributed by atoms with van der Waals surface area (Å²) in [5.41, 5.74) is 0.608. The van der Waals surface area contributed by atoms with Gasteiger partial charge in [0.05, 0.1) is 12.3 Å². The summed E-state index contributed by atoms with van der Waals surface area (Å²) in [6.45, 7) is 7.13. The molecule has 2 aromatic rings. The molecule has 0 aliphatic carbocycles. The lowest BCUT2D eigenvalue weighted by molar-refractivity contribution is 0.193. The van der Waals surface area contributed by atoms with Crippen LogP contribution >= 0.6 is 0 Å². The Hall–Kier alpha value is -2.34. The number of halogens is 1. The number of guanidine groups is 1. The van der Waals surface area contributed by atoms with Gasteiger partial charge in [0.2, 0.25) is 0 Å². The molecule has 0 aliphatic heterocycles. The van der Waals surface area contributed by atoms with E-state index in [4.69, 9.17) is 4.42 Å². The molecule has 25 heavy (non-hydrogen) atoms. The molecular weight excluding hydrogens is 319 g/mol. The van der Waals surface area contributed by atoms with Crippen molar-refractivity contribution in [2.45, 2.75) is 26.4 Å². The summed E-state index contributed by atoms with van der Waals surface area (Å²) in [4.78, 5) is 6.54. The summed E-state index contributed by atoms with van der Waals surface area (Å²) < 4.78 is 19.3. The summed E-state index contributed by atoms with van der Waals surface area (Å²) in [5.74, 6) is 1.33. The molecule has 0 radical (unpaired) electrons. The maximum atomic E-state index is 13.7. The molecule has 1 heterocycles. The lowest BCUT2D eigenvalue weighted by Gasteiger charge is -2.28. The molecule has 1 aromatic carbocycles. The first-order valence-corrected chi connectivity index (χ1v) is 8.64. The highest BCUT2D eigenvalue weighted by Gasteiger charge is 2.20. The standard InChI is InChI=1S/C19H27FN4O/c1-4-24(5-2)17(18-11-8-12-25-18)14-23-19(21-3)22-13-15-9-6-7-10-16(15)20/h6-12,17H,4-5,13-14H2,1-3H3,(H2,21,22,23). The van der Waals surface area contributed by atoms with Gasteiger partial charge in [-0.1, -0.05) is 32.0 Å². The Kier molecular flexibility index (Phi) is 7.47. The summed E-state index contributed by atoms with van der Waals surface area (Å²) >= 11 is 0. The van der Waals surface area contributed by atoms with Crippen LogP contribution in [0.25, 0.3) is 0 Å². The molecule has 2 rings (SSSR count). The molecule has 0 aliphatic rings. The predicted octanol–water partition coefficient (Wildman–Crippen LogP) is 3.17. The van der Waals surface area contributed by atoms with Crippen molar-refractivity contribution in [2.75, 3.05) is 26.7 Å². The normalized spacial score (nSPS) is 13.1. The molecule has 2 N–H and O–H groups in total. The van der Waals surface area contributed by atoms with Gasteiger partial charge in [-0.05, 0) is 31.3 Å². The molecule has 6 heteroatoms. The summed E-state index contributed by atoms with van der Waals surface area (Å²) in [6.07, 6.45) is 1.69. The summed E-state index contributed by atoms with van der Waals surface area (Å²) in [7, 11) is 1.70. The van der Waals surface area contributed by atoms with E-state index in [1.54, 1.807) is 25.4 Å². The van der Waals surface area contributed by atoms with Gasteiger partial charge in [0.25, 0.3) is 0 Å². The fourth-order valence-electron chi connectivity index (χ4n) is 2.79. The number of rotatable bonds is 8. The minimum Gasteiger partial charge on any atom is -0.468 e. The van der Waals surface area contributed by atoms with Crippen LogP contribution in [0.5, 0.6) is 0 Å². The first kappa shape index (κ1) is 19.0. The predicted molar refractivity (Wildman–Crippen MR) is 99.0 cm³/mol. The number of nitrogens with one attached hydrogen (secondary N) is 2. The Morgan fingerprint density at radius 2 is 1.92 bits per heavy atom. The number of hydrogen-bond acceptors (Lipinski definition) is 3. The van der Waals surface area contributed by atoms with E-state index in [9.17, 15) is 4.39 Å². The third-order valence-electron chi connectivity index (χ3n) is 4.22. The maximum Gasteiger partial charge on any atom is 0.191 e. The Morgan fingerprint density at radius 1 is 1.16 bits per heavy atom. The van der Waals surface area contributed by atoms with E-state index in [1.165, 1.54) is 6.07 Å². The van der Waals surface area contributed by atoms with Gasteiger partial charge in [0.15, 0.2) is 5.96 Å². The van der Waals surface area contributed by atoms with Crippen molar-refractivity contribution in [2.24, 2.45) is 4.99 Å². The van der Waals surface area contributed by atoms with Crippen molar-refractivity contribution in [3.05, 3.63) is 59.8 Å². The minimum absolute atomic E-state index is 0.108. The molecule has 0 amide bonds. The summed E-state index contributed by atoms with van der Waals surface area (Å²) in [5, 5.41) is 6.46. The van der Waals surface area contributed by atoms with Gasteiger partial charge in [-0.15, -0.1) is 0 Å². The number of furan rings is 1. The van der Waals surface area contributed by atoms with Crippen LogP contribution in [0, 0.1) is 5.82 Å². The molecule has 136 valence electrons. The van der Waals surface area contributed by atoms with E-state index in [0.29, 0.717) is 24.6 Å². The van der Waals surface area contributed by atoms with Crippen LogP contribution in [0.1, 0.15) is 31.2 Å². The Morgan fingerprint density at radius 3 is 2.52 bits per heavy atom. The molecule has 0 fully saturated rings. The van der Waals surface area contributed by atoms with Crippen molar-refractivity contribution < 1.29 is 8.81 Å². The largest absolute Gasteiger partial charge is 0.468 e. The lowest BCUT2D eigenvalue weighted by atomic mass is 10.2. The second kappa shape index (κ2) is 9.84. The van der Waals surface area contributed by atoms with Gasteiger partial charge in [-0.2, -0.15) is 0 Å². The number of hydrogen-bond donors (Lipinski definition) is 2. The highest BCUT2D eigenvalue weighted by atomic mass is 19.1. The van der Waals surface area contributed by atoms with Crippen LogP contribution in [-0.4, -0.2) is 37.5 Å². The fraction of sp³-hybridized carbons (Fsp3) is 0.421. The molecular formula is C19H27FN4O. The highest BCUT2D eigenvalue weighted by molar-refractivity contribution is 5.79. The van der Waals surface area contributed by atoms with Crippen molar-refractivity contribution in [3.8, 4) is 0 Å². The second-order valence-corrected chi connectivity index (χ2v) is 5.65. The fourth-order valence-corrected chi connectivity index (χ4v) is 2.79. The molecule has 0 bridgehead atoms. The van der Waals surface area contributed by atoms with Gasteiger partial charge in [0.1, 0.15) is 11.6 Å². The van der Waals surface area contributed by atoms with E-state index in [1.807, 2.05) is 18.2 Å².